The number of anilines is 2. The molecule has 4 atom stereocenters. The molecule has 2 N–H and O–H groups in total. The van der Waals surface area contributed by atoms with E-state index in [-0.39, 0.29) is 0 Å². The molecule has 0 saturated carbocycles. The van der Waals surface area contributed by atoms with Gasteiger partial charge in [0.25, 0.3) is 0 Å². The Balaban J connectivity index is 2.30. The zero-order valence-electron chi connectivity index (χ0n) is 21.3. The Morgan fingerprint density at radius 2 is 0.903 bits per heavy atom. The fourth-order valence-electron chi connectivity index (χ4n) is 4.52. The molecule has 0 heterocycles. The van der Waals surface area contributed by atoms with E-state index in [1.54, 1.807) is 0 Å². The first-order valence-corrected chi connectivity index (χ1v) is 12.6. The second kappa shape index (κ2) is 12.2. The van der Waals surface area contributed by atoms with Gasteiger partial charge in [-0.1, -0.05) is 79.7 Å². The van der Waals surface area contributed by atoms with Crippen molar-refractivity contribution in [3.63, 3.8) is 0 Å². The van der Waals surface area contributed by atoms with Crippen LogP contribution in [-0.2, 0) is 0 Å². The predicted molar refractivity (Wildman–Crippen MR) is 140 cm³/mol. The third kappa shape index (κ3) is 6.05. The van der Waals surface area contributed by atoms with Crippen LogP contribution in [0.2, 0.25) is 0 Å². The maximum absolute atomic E-state index is 3.73. The molecule has 2 nitrogen and oxygen atoms in total. The van der Waals surface area contributed by atoms with Crippen LogP contribution in [0.5, 0.6) is 0 Å². The molecule has 31 heavy (non-hydrogen) atoms. The molecule has 0 aromatic heterocycles. The van der Waals surface area contributed by atoms with E-state index in [0.29, 0.717) is 23.7 Å². The standard InChI is InChI=1S/C29H46N2/c1-9-20(5)24-15-13-17-26(28(24)22(7)11-3)30-19-31-27-18-14-16-25(21(6)10-2)29(27)23(8)12-4/h13-18,20-23,30-31H,9-12,19H2,1-8H3. The van der Waals surface area contributed by atoms with Crippen molar-refractivity contribution >= 4 is 11.4 Å². The van der Waals surface area contributed by atoms with Crippen LogP contribution in [0.25, 0.3) is 0 Å². The van der Waals surface area contributed by atoms with Gasteiger partial charge < -0.3 is 10.6 Å². The third-order valence-corrected chi connectivity index (χ3v) is 7.33. The lowest BCUT2D eigenvalue weighted by Crippen LogP contribution is -2.17. The molecule has 4 unspecified atom stereocenters. The van der Waals surface area contributed by atoms with Crippen LogP contribution in [0, 0.1) is 0 Å². The summed E-state index contributed by atoms with van der Waals surface area (Å²) in [5.41, 5.74) is 8.56. The molecule has 0 bridgehead atoms. The fraction of sp³-hybridized carbons (Fsp3) is 0.586. The quantitative estimate of drug-likeness (QED) is 0.333. The number of nitrogens with one attached hydrogen (secondary N) is 2. The summed E-state index contributed by atoms with van der Waals surface area (Å²) in [6, 6.07) is 13.6. The topological polar surface area (TPSA) is 24.1 Å². The van der Waals surface area contributed by atoms with Gasteiger partial charge in [-0.25, -0.2) is 0 Å². The summed E-state index contributed by atoms with van der Waals surface area (Å²) >= 11 is 0. The molecule has 0 saturated heterocycles. The molecular weight excluding hydrogens is 376 g/mol. The average Bonchev–Trinajstić information content (AvgIpc) is 2.81. The zero-order valence-corrected chi connectivity index (χ0v) is 21.3. The Morgan fingerprint density at radius 3 is 1.23 bits per heavy atom. The van der Waals surface area contributed by atoms with Crippen molar-refractivity contribution < 1.29 is 0 Å². The lowest BCUT2D eigenvalue weighted by Gasteiger charge is -2.26. The Bertz CT molecular complexity index is 743. The van der Waals surface area contributed by atoms with E-state index in [1.807, 2.05) is 0 Å². The molecule has 172 valence electrons. The molecule has 0 aliphatic rings. The van der Waals surface area contributed by atoms with Gasteiger partial charge in [0.2, 0.25) is 0 Å². The van der Waals surface area contributed by atoms with Gasteiger partial charge in [-0.3, -0.25) is 0 Å². The van der Waals surface area contributed by atoms with Crippen molar-refractivity contribution in [3.05, 3.63) is 58.7 Å². The summed E-state index contributed by atoms with van der Waals surface area (Å²) in [4.78, 5) is 0. The van der Waals surface area contributed by atoms with Crippen LogP contribution in [0.1, 0.15) is 127 Å². The number of hydrogen-bond acceptors (Lipinski definition) is 2. The van der Waals surface area contributed by atoms with Crippen LogP contribution in [0.15, 0.2) is 36.4 Å². The van der Waals surface area contributed by atoms with Crippen molar-refractivity contribution in [3.8, 4) is 0 Å². The van der Waals surface area contributed by atoms with Crippen molar-refractivity contribution in [1.82, 2.24) is 0 Å². The van der Waals surface area contributed by atoms with Gasteiger partial charge in [0, 0.05) is 11.4 Å². The van der Waals surface area contributed by atoms with Gasteiger partial charge in [0.15, 0.2) is 0 Å². The molecule has 2 rings (SSSR count). The maximum Gasteiger partial charge on any atom is 0.0849 e. The molecule has 2 aromatic rings. The maximum atomic E-state index is 3.73. The Labute approximate surface area is 192 Å². The summed E-state index contributed by atoms with van der Waals surface area (Å²) in [7, 11) is 0. The Hall–Kier alpha value is -1.96. The smallest absolute Gasteiger partial charge is 0.0849 e. The van der Waals surface area contributed by atoms with Gasteiger partial charge in [-0.05, 0) is 83.7 Å². The van der Waals surface area contributed by atoms with E-state index in [0.717, 1.165) is 19.5 Å². The summed E-state index contributed by atoms with van der Waals surface area (Å²) in [5, 5.41) is 7.46. The van der Waals surface area contributed by atoms with Crippen LogP contribution >= 0.6 is 0 Å². The largest absolute Gasteiger partial charge is 0.368 e. The van der Waals surface area contributed by atoms with Gasteiger partial charge in [0.1, 0.15) is 0 Å². The number of hydrogen-bond donors (Lipinski definition) is 2. The lowest BCUT2D eigenvalue weighted by molar-refractivity contribution is 0.676. The number of benzene rings is 2. The first-order chi connectivity index (χ1) is 14.9. The Kier molecular flexibility index (Phi) is 9.93. The molecule has 0 fully saturated rings. The normalized spacial score (nSPS) is 15.2. The highest BCUT2D eigenvalue weighted by Crippen LogP contribution is 2.37. The van der Waals surface area contributed by atoms with E-state index in [2.05, 4.69) is 102 Å². The highest BCUT2D eigenvalue weighted by atomic mass is 15.1. The van der Waals surface area contributed by atoms with E-state index in [1.165, 1.54) is 46.5 Å². The molecule has 0 radical (unpaired) electrons. The zero-order chi connectivity index (χ0) is 23.0. The van der Waals surface area contributed by atoms with Crippen molar-refractivity contribution in [2.45, 2.75) is 105 Å². The minimum Gasteiger partial charge on any atom is -0.368 e. The minimum atomic E-state index is 0.553. The van der Waals surface area contributed by atoms with E-state index >= 15 is 0 Å². The predicted octanol–water partition coefficient (Wildman–Crippen LogP) is 9.22. The Morgan fingerprint density at radius 1 is 0.548 bits per heavy atom. The molecule has 2 heteroatoms. The number of rotatable bonds is 12. The lowest BCUT2D eigenvalue weighted by atomic mass is 9.85. The molecule has 0 aliphatic carbocycles. The van der Waals surface area contributed by atoms with Crippen LogP contribution in [-0.4, -0.2) is 6.67 Å². The highest BCUT2D eigenvalue weighted by molar-refractivity contribution is 5.60. The van der Waals surface area contributed by atoms with Crippen LogP contribution in [0.3, 0.4) is 0 Å². The van der Waals surface area contributed by atoms with E-state index in [9.17, 15) is 0 Å². The SMILES string of the molecule is CCC(C)c1cccc(NCNc2cccc(C(C)CC)c2C(C)CC)c1C(C)CC. The van der Waals surface area contributed by atoms with Gasteiger partial charge >= 0.3 is 0 Å². The highest BCUT2D eigenvalue weighted by Gasteiger charge is 2.19. The third-order valence-electron chi connectivity index (χ3n) is 7.33. The first kappa shape index (κ1) is 25.3. The molecule has 0 aliphatic heterocycles. The van der Waals surface area contributed by atoms with Crippen molar-refractivity contribution in [1.29, 1.82) is 0 Å². The monoisotopic (exact) mass is 422 g/mol. The summed E-state index contributed by atoms with van der Waals surface area (Å²) in [5.74, 6) is 2.28. The van der Waals surface area contributed by atoms with Gasteiger partial charge in [-0.15, -0.1) is 0 Å². The summed E-state index contributed by atoms with van der Waals surface area (Å²) in [6.07, 6.45) is 4.66. The molecule has 0 amide bonds. The minimum absolute atomic E-state index is 0.553. The summed E-state index contributed by atoms with van der Waals surface area (Å²) in [6.45, 7) is 19.3. The van der Waals surface area contributed by atoms with Gasteiger partial charge in [0.05, 0.1) is 6.67 Å². The van der Waals surface area contributed by atoms with E-state index < -0.39 is 0 Å². The average molecular weight is 423 g/mol. The second-order valence-corrected chi connectivity index (χ2v) is 9.38. The van der Waals surface area contributed by atoms with Gasteiger partial charge in [-0.2, -0.15) is 0 Å². The molecular formula is C29H46N2. The van der Waals surface area contributed by atoms with Crippen LogP contribution in [0.4, 0.5) is 11.4 Å². The second-order valence-electron chi connectivity index (χ2n) is 9.38. The van der Waals surface area contributed by atoms with Crippen molar-refractivity contribution in [2.24, 2.45) is 0 Å². The van der Waals surface area contributed by atoms with Crippen molar-refractivity contribution in [2.75, 3.05) is 17.3 Å². The first-order valence-electron chi connectivity index (χ1n) is 12.6. The van der Waals surface area contributed by atoms with Crippen LogP contribution < -0.4 is 10.6 Å². The fourth-order valence-corrected chi connectivity index (χ4v) is 4.52. The molecule has 2 aromatic carbocycles. The molecule has 0 spiro atoms. The summed E-state index contributed by atoms with van der Waals surface area (Å²) < 4.78 is 0. The van der Waals surface area contributed by atoms with E-state index in [4.69, 9.17) is 0 Å².